The van der Waals surface area contributed by atoms with Crippen molar-refractivity contribution < 1.29 is 13.2 Å². The molecule has 0 amide bonds. The van der Waals surface area contributed by atoms with E-state index in [1.165, 1.54) is 12.1 Å². The van der Waals surface area contributed by atoms with Crippen LogP contribution in [0, 0.1) is 24.4 Å². The molecule has 0 saturated carbocycles. The summed E-state index contributed by atoms with van der Waals surface area (Å²) in [4.78, 5) is -0.533. The van der Waals surface area contributed by atoms with Crippen LogP contribution in [0.15, 0.2) is 34.8 Å². The zero-order valence-electron chi connectivity index (χ0n) is 9.85. The Labute approximate surface area is 125 Å². The second-order valence-electron chi connectivity index (χ2n) is 4.16. The molecule has 0 fully saturated rings. The van der Waals surface area contributed by atoms with Crippen LogP contribution in [0.2, 0.25) is 0 Å². The largest absolute Gasteiger partial charge is 0.207 e. The van der Waals surface area contributed by atoms with Crippen LogP contribution < -0.4 is 0 Å². The van der Waals surface area contributed by atoms with Crippen molar-refractivity contribution in [3.05, 3.63) is 68.9 Å². The summed E-state index contributed by atoms with van der Waals surface area (Å²) in [6.07, 6.45) is 0. The third-order valence-corrected chi connectivity index (χ3v) is 4.45. The van der Waals surface area contributed by atoms with Crippen molar-refractivity contribution in [2.24, 2.45) is 0 Å². The molecule has 0 aliphatic rings. The Morgan fingerprint density at radius 2 is 1.63 bits per heavy atom. The van der Waals surface area contributed by atoms with E-state index in [4.69, 9.17) is 0 Å². The van der Waals surface area contributed by atoms with Crippen LogP contribution in [-0.4, -0.2) is 0 Å². The van der Waals surface area contributed by atoms with Crippen LogP contribution in [0.25, 0.3) is 0 Å². The number of alkyl halides is 1. The van der Waals surface area contributed by atoms with Gasteiger partial charge in [-0.3, -0.25) is 0 Å². The molecule has 0 radical (unpaired) electrons. The predicted molar refractivity (Wildman–Crippen MR) is 76.0 cm³/mol. The summed E-state index contributed by atoms with van der Waals surface area (Å²) in [5.41, 5.74) is 1.18. The van der Waals surface area contributed by atoms with Gasteiger partial charge in [-0.05, 0) is 52.2 Å². The summed E-state index contributed by atoms with van der Waals surface area (Å²) in [5, 5.41) is 0. The van der Waals surface area contributed by atoms with Crippen LogP contribution in [0.4, 0.5) is 13.2 Å². The quantitative estimate of drug-likeness (QED) is 0.577. The summed E-state index contributed by atoms with van der Waals surface area (Å²) >= 11 is 6.37. The molecule has 0 saturated heterocycles. The average Bonchev–Trinajstić information content (AvgIpc) is 2.36. The van der Waals surface area contributed by atoms with Crippen LogP contribution in [0.5, 0.6) is 0 Å². The summed E-state index contributed by atoms with van der Waals surface area (Å²) in [5.74, 6) is -1.68. The monoisotopic (exact) mass is 392 g/mol. The number of benzene rings is 2. The first-order valence-electron chi connectivity index (χ1n) is 5.44. The number of hydrogen-bond donors (Lipinski definition) is 0. The van der Waals surface area contributed by atoms with Crippen LogP contribution in [0.3, 0.4) is 0 Å². The molecule has 0 aliphatic heterocycles. The highest BCUT2D eigenvalue weighted by atomic mass is 79.9. The van der Waals surface area contributed by atoms with Crippen molar-refractivity contribution in [3.8, 4) is 0 Å². The topological polar surface area (TPSA) is 0 Å². The molecule has 2 aromatic carbocycles. The standard InChI is InChI=1S/C14H9Br2F3/c1-7-4-9(12(18)6-11(7)17)14(16)8-2-3-10(15)13(19)5-8/h2-6,14H,1H3. The lowest BCUT2D eigenvalue weighted by molar-refractivity contribution is 0.568. The van der Waals surface area contributed by atoms with Crippen LogP contribution in [-0.2, 0) is 0 Å². The second kappa shape index (κ2) is 5.67. The van der Waals surface area contributed by atoms with E-state index in [-0.39, 0.29) is 5.56 Å². The molecule has 0 heterocycles. The van der Waals surface area contributed by atoms with Crippen molar-refractivity contribution in [3.63, 3.8) is 0 Å². The molecule has 0 aromatic heterocycles. The predicted octanol–water partition coefficient (Wildman–Crippen LogP) is 5.66. The Hall–Kier alpha value is -0.810. The maximum atomic E-state index is 13.8. The zero-order chi connectivity index (χ0) is 14.2. The number of hydrogen-bond acceptors (Lipinski definition) is 0. The summed E-state index contributed by atoms with van der Waals surface area (Å²) < 4.78 is 40.8. The number of rotatable bonds is 2. The number of halogens is 5. The van der Waals surface area contributed by atoms with Crippen molar-refractivity contribution in [1.82, 2.24) is 0 Å². The highest BCUT2D eigenvalue weighted by Gasteiger charge is 2.18. The minimum Gasteiger partial charge on any atom is -0.207 e. The van der Waals surface area contributed by atoms with Gasteiger partial charge < -0.3 is 0 Å². The third kappa shape index (κ3) is 3.03. The molecule has 1 atom stereocenters. The van der Waals surface area contributed by atoms with Gasteiger partial charge in [0, 0.05) is 11.6 Å². The molecular weight excluding hydrogens is 385 g/mol. The lowest BCUT2D eigenvalue weighted by Crippen LogP contribution is -2.00. The molecule has 0 nitrogen and oxygen atoms in total. The van der Waals surface area contributed by atoms with Gasteiger partial charge in [0.2, 0.25) is 0 Å². The Morgan fingerprint density at radius 1 is 0.947 bits per heavy atom. The van der Waals surface area contributed by atoms with Crippen molar-refractivity contribution in [1.29, 1.82) is 0 Å². The van der Waals surface area contributed by atoms with Gasteiger partial charge in [-0.2, -0.15) is 0 Å². The molecular formula is C14H9Br2F3. The highest BCUT2D eigenvalue weighted by Crippen LogP contribution is 2.34. The maximum absolute atomic E-state index is 13.8. The van der Waals surface area contributed by atoms with Crippen LogP contribution >= 0.6 is 31.9 Å². The fraction of sp³-hybridized carbons (Fsp3) is 0.143. The van der Waals surface area contributed by atoms with Gasteiger partial charge in [0.25, 0.3) is 0 Å². The summed E-state index contributed by atoms with van der Waals surface area (Å²) in [6, 6.07) is 6.79. The molecule has 5 heteroatoms. The van der Waals surface area contributed by atoms with E-state index in [9.17, 15) is 13.2 Å². The van der Waals surface area contributed by atoms with E-state index in [2.05, 4.69) is 31.9 Å². The van der Waals surface area contributed by atoms with Gasteiger partial charge in [-0.1, -0.05) is 22.0 Å². The van der Waals surface area contributed by atoms with Gasteiger partial charge in [-0.25, -0.2) is 13.2 Å². The fourth-order valence-electron chi connectivity index (χ4n) is 1.72. The molecule has 2 aromatic rings. The first-order valence-corrected chi connectivity index (χ1v) is 7.15. The van der Waals surface area contributed by atoms with Crippen molar-refractivity contribution in [2.45, 2.75) is 11.8 Å². The molecule has 2 rings (SSSR count). The smallest absolute Gasteiger partial charge is 0.137 e. The van der Waals surface area contributed by atoms with Gasteiger partial charge in [0.1, 0.15) is 17.5 Å². The molecule has 0 aliphatic carbocycles. The number of aryl methyl sites for hydroxylation is 1. The Kier molecular flexibility index (Phi) is 4.36. The summed E-state index contributed by atoms with van der Waals surface area (Å²) in [7, 11) is 0. The van der Waals surface area contributed by atoms with E-state index >= 15 is 0 Å². The highest BCUT2D eigenvalue weighted by molar-refractivity contribution is 9.10. The van der Waals surface area contributed by atoms with Crippen molar-refractivity contribution in [2.75, 3.05) is 0 Å². The average molecular weight is 394 g/mol. The van der Waals surface area contributed by atoms with Gasteiger partial charge >= 0.3 is 0 Å². The minimum absolute atomic E-state index is 0.278. The molecule has 100 valence electrons. The molecule has 0 N–H and O–H groups in total. The van der Waals surface area contributed by atoms with E-state index < -0.39 is 22.3 Å². The summed E-state index contributed by atoms with van der Waals surface area (Å²) in [6.45, 7) is 1.56. The van der Waals surface area contributed by atoms with Gasteiger partial charge in [0.05, 0.1) is 9.30 Å². The normalized spacial score (nSPS) is 12.5. The van der Waals surface area contributed by atoms with E-state index in [0.717, 1.165) is 6.07 Å². The lowest BCUT2D eigenvalue weighted by Gasteiger charge is -2.13. The van der Waals surface area contributed by atoms with Gasteiger partial charge in [-0.15, -0.1) is 0 Å². The first-order chi connectivity index (χ1) is 8.90. The lowest BCUT2D eigenvalue weighted by atomic mass is 10.0. The maximum Gasteiger partial charge on any atom is 0.137 e. The van der Waals surface area contributed by atoms with E-state index in [1.54, 1.807) is 19.1 Å². The van der Waals surface area contributed by atoms with Crippen LogP contribution in [0.1, 0.15) is 21.5 Å². The van der Waals surface area contributed by atoms with Gasteiger partial charge in [0.15, 0.2) is 0 Å². The second-order valence-corrected chi connectivity index (χ2v) is 5.93. The van der Waals surface area contributed by atoms with E-state index in [1.807, 2.05) is 0 Å². The molecule has 19 heavy (non-hydrogen) atoms. The SMILES string of the molecule is Cc1cc(C(Br)c2ccc(Br)c(F)c2)c(F)cc1F. The van der Waals surface area contributed by atoms with Crippen molar-refractivity contribution >= 4 is 31.9 Å². The molecule has 0 bridgehead atoms. The molecule has 1 unspecified atom stereocenters. The zero-order valence-corrected chi connectivity index (χ0v) is 13.0. The van der Waals surface area contributed by atoms with E-state index in [0.29, 0.717) is 15.6 Å². The third-order valence-electron chi connectivity index (χ3n) is 2.79. The fourth-order valence-corrected chi connectivity index (χ4v) is 2.61. The molecule has 0 spiro atoms. The minimum atomic E-state index is -0.659. The Morgan fingerprint density at radius 3 is 2.26 bits per heavy atom. The Balaban J connectivity index is 2.46. The first kappa shape index (κ1) is 14.6. The Bertz CT molecular complexity index is 626.